The van der Waals surface area contributed by atoms with Gasteiger partial charge in [0.2, 0.25) is 5.91 Å². The molecule has 1 saturated heterocycles. The number of nitrogens with one attached hydrogen (secondary N) is 1. The smallest absolute Gasteiger partial charge is 0.253 e. The van der Waals surface area contributed by atoms with Gasteiger partial charge in [0, 0.05) is 41.9 Å². The lowest BCUT2D eigenvalue weighted by Gasteiger charge is -2.37. The van der Waals surface area contributed by atoms with Crippen molar-refractivity contribution in [3.8, 4) is 0 Å². The number of amides is 2. The van der Waals surface area contributed by atoms with Gasteiger partial charge in [0.1, 0.15) is 0 Å². The average Bonchev–Trinajstić information content (AvgIpc) is 2.74. The summed E-state index contributed by atoms with van der Waals surface area (Å²) >= 11 is 3.39. The van der Waals surface area contributed by atoms with Crippen LogP contribution in [0.4, 0.5) is 5.69 Å². The summed E-state index contributed by atoms with van der Waals surface area (Å²) in [7, 11) is 0. The fraction of sp³-hybridized carbons (Fsp3) is 0.364. The third-order valence-corrected chi connectivity index (χ3v) is 5.78. The van der Waals surface area contributed by atoms with Crippen LogP contribution in [0.3, 0.4) is 0 Å². The number of hydrogen-bond acceptors (Lipinski definition) is 3. The highest BCUT2D eigenvalue weighted by atomic mass is 79.9. The Balaban J connectivity index is 1.52. The van der Waals surface area contributed by atoms with Crippen LogP contribution in [0.5, 0.6) is 0 Å². The maximum atomic E-state index is 12.7. The predicted octanol–water partition coefficient (Wildman–Crippen LogP) is 3.80. The average molecular weight is 444 g/mol. The largest absolute Gasteiger partial charge is 0.336 e. The van der Waals surface area contributed by atoms with Gasteiger partial charge in [0.05, 0.1) is 6.04 Å². The van der Waals surface area contributed by atoms with Crippen LogP contribution in [0.15, 0.2) is 53.0 Å². The first kappa shape index (κ1) is 20.6. The molecule has 5 nitrogen and oxygen atoms in total. The van der Waals surface area contributed by atoms with Gasteiger partial charge in [-0.1, -0.05) is 35.0 Å². The molecule has 1 unspecified atom stereocenters. The van der Waals surface area contributed by atoms with E-state index in [0.29, 0.717) is 26.2 Å². The molecule has 6 heteroatoms. The molecule has 0 aliphatic carbocycles. The Labute approximate surface area is 174 Å². The molecule has 1 aliphatic rings. The van der Waals surface area contributed by atoms with Crippen molar-refractivity contribution in [3.63, 3.8) is 0 Å². The van der Waals surface area contributed by atoms with Gasteiger partial charge < -0.3 is 10.2 Å². The first-order valence-electron chi connectivity index (χ1n) is 9.66. The number of benzene rings is 2. The minimum Gasteiger partial charge on any atom is -0.336 e. The highest BCUT2D eigenvalue weighted by Gasteiger charge is 2.28. The van der Waals surface area contributed by atoms with Crippen molar-refractivity contribution in [2.45, 2.75) is 26.3 Å². The van der Waals surface area contributed by atoms with Crippen LogP contribution in [0.25, 0.3) is 0 Å². The second-order valence-electron chi connectivity index (χ2n) is 7.05. The molecular formula is C22H26BrN3O2. The van der Waals surface area contributed by atoms with E-state index in [1.165, 1.54) is 5.56 Å². The molecular weight excluding hydrogens is 418 g/mol. The number of carbonyl (C=O) groups is 2. The van der Waals surface area contributed by atoms with E-state index in [9.17, 15) is 9.59 Å². The van der Waals surface area contributed by atoms with Crippen molar-refractivity contribution in [2.24, 2.45) is 0 Å². The molecule has 2 aromatic carbocycles. The molecule has 0 radical (unpaired) electrons. The fourth-order valence-electron chi connectivity index (χ4n) is 3.32. The van der Waals surface area contributed by atoms with Gasteiger partial charge >= 0.3 is 0 Å². The summed E-state index contributed by atoms with van der Waals surface area (Å²) in [6, 6.07) is 15.1. The maximum absolute atomic E-state index is 12.7. The predicted molar refractivity (Wildman–Crippen MR) is 116 cm³/mol. The van der Waals surface area contributed by atoms with E-state index in [-0.39, 0.29) is 17.9 Å². The zero-order valence-corrected chi connectivity index (χ0v) is 17.9. The molecule has 1 heterocycles. The molecule has 2 aromatic rings. The SMILES string of the molecule is CCc1ccc(C(=O)N2CCN(C(C)C(=O)Nc3ccc(Br)cc3)CC2)cc1. The Morgan fingerprint density at radius 2 is 1.61 bits per heavy atom. The van der Waals surface area contributed by atoms with Crippen molar-refractivity contribution in [3.05, 3.63) is 64.1 Å². The lowest BCUT2D eigenvalue weighted by Crippen LogP contribution is -2.54. The minimum absolute atomic E-state index is 0.0303. The monoisotopic (exact) mass is 443 g/mol. The van der Waals surface area contributed by atoms with Gasteiger partial charge in [0.25, 0.3) is 5.91 Å². The summed E-state index contributed by atoms with van der Waals surface area (Å²) in [6.07, 6.45) is 0.966. The van der Waals surface area contributed by atoms with Crippen molar-refractivity contribution in [1.29, 1.82) is 0 Å². The first-order chi connectivity index (χ1) is 13.5. The molecule has 2 amide bonds. The van der Waals surface area contributed by atoms with Crippen molar-refractivity contribution < 1.29 is 9.59 Å². The van der Waals surface area contributed by atoms with E-state index in [1.54, 1.807) is 0 Å². The number of rotatable bonds is 5. The third-order valence-electron chi connectivity index (χ3n) is 5.25. The van der Waals surface area contributed by atoms with E-state index >= 15 is 0 Å². The highest BCUT2D eigenvalue weighted by Crippen LogP contribution is 2.16. The van der Waals surface area contributed by atoms with E-state index in [0.717, 1.165) is 22.1 Å². The summed E-state index contributed by atoms with van der Waals surface area (Å²) in [4.78, 5) is 29.2. The first-order valence-corrected chi connectivity index (χ1v) is 10.5. The lowest BCUT2D eigenvalue weighted by atomic mass is 10.1. The van der Waals surface area contributed by atoms with Gasteiger partial charge in [-0.25, -0.2) is 0 Å². The number of carbonyl (C=O) groups excluding carboxylic acids is 2. The van der Waals surface area contributed by atoms with E-state index in [4.69, 9.17) is 0 Å². The highest BCUT2D eigenvalue weighted by molar-refractivity contribution is 9.10. The van der Waals surface area contributed by atoms with E-state index < -0.39 is 0 Å². The topological polar surface area (TPSA) is 52.7 Å². The van der Waals surface area contributed by atoms with Crippen LogP contribution in [-0.2, 0) is 11.2 Å². The number of aryl methyl sites for hydroxylation is 1. The molecule has 1 fully saturated rings. The normalized spacial score (nSPS) is 15.9. The summed E-state index contributed by atoms with van der Waals surface area (Å²) in [5.41, 5.74) is 2.74. The summed E-state index contributed by atoms with van der Waals surface area (Å²) < 4.78 is 0.976. The summed E-state index contributed by atoms with van der Waals surface area (Å²) in [5.74, 6) is 0.0338. The fourth-order valence-corrected chi connectivity index (χ4v) is 3.59. The second kappa shape index (κ2) is 9.34. The molecule has 1 aliphatic heterocycles. The molecule has 1 atom stereocenters. The Morgan fingerprint density at radius 3 is 2.18 bits per heavy atom. The molecule has 0 saturated carbocycles. The number of hydrogen-bond donors (Lipinski definition) is 1. The number of halogens is 1. The third kappa shape index (κ3) is 5.00. The van der Waals surface area contributed by atoms with Crippen LogP contribution < -0.4 is 5.32 Å². The van der Waals surface area contributed by atoms with Crippen LogP contribution in [0.2, 0.25) is 0 Å². The zero-order chi connectivity index (χ0) is 20.1. The van der Waals surface area contributed by atoms with Gasteiger partial charge in [-0.2, -0.15) is 0 Å². The van der Waals surface area contributed by atoms with Gasteiger partial charge in [-0.05, 0) is 55.3 Å². The molecule has 0 bridgehead atoms. The molecule has 1 N–H and O–H groups in total. The van der Waals surface area contributed by atoms with Crippen molar-refractivity contribution in [1.82, 2.24) is 9.80 Å². The Morgan fingerprint density at radius 1 is 1.00 bits per heavy atom. The molecule has 28 heavy (non-hydrogen) atoms. The maximum Gasteiger partial charge on any atom is 0.253 e. The Bertz CT molecular complexity index is 813. The number of nitrogens with zero attached hydrogens (tertiary/aromatic N) is 2. The van der Waals surface area contributed by atoms with Crippen molar-refractivity contribution in [2.75, 3.05) is 31.5 Å². The number of anilines is 1. The lowest BCUT2D eigenvalue weighted by molar-refractivity contribution is -0.121. The van der Waals surface area contributed by atoms with E-state index in [2.05, 4.69) is 33.1 Å². The summed E-state index contributed by atoms with van der Waals surface area (Å²) in [5, 5.41) is 2.95. The van der Waals surface area contributed by atoms with E-state index in [1.807, 2.05) is 60.4 Å². The van der Waals surface area contributed by atoms with Crippen LogP contribution in [-0.4, -0.2) is 53.8 Å². The van der Waals surface area contributed by atoms with Gasteiger partial charge in [0.15, 0.2) is 0 Å². The molecule has 0 aromatic heterocycles. The summed E-state index contributed by atoms with van der Waals surface area (Å²) in [6.45, 7) is 6.65. The standard InChI is InChI=1S/C22H26BrN3O2/c1-3-17-4-6-18(7-5-17)22(28)26-14-12-25(13-15-26)16(2)21(27)24-20-10-8-19(23)9-11-20/h4-11,16H,3,12-15H2,1-2H3,(H,24,27). The van der Waals surface area contributed by atoms with Crippen LogP contribution >= 0.6 is 15.9 Å². The van der Waals surface area contributed by atoms with Crippen molar-refractivity contribution >= 4 is 33.4 Å². The van der Waals surface area contributed by atoms with Crippen LogP contribution in [0.1, 0.15) is 29.8 Å². The minimum atomic E-state index is -0.246. The number of piperazine rings is 1. The quantitative estimate of drug-likeness (QED) is 0.764. The van der Waals surface area contributed by atoms with Gasteiger partial charge in [-0.15, -0.1) is 0 Å². The van der Waals surface area contributed by atoms with Gasteiger partial charge in [-0.3, -0.25) is 14.5 Å². The zero-order valence-electron chi connectivity index (χ0n) is 16.3. The van der Waals surface area contributed by atoms with Crippen LogP contribution in [0, 0.1) is 0 Å². The molecule has 0 spiro atoms. The molecule has 148 valence electrons. The molecule has 3 rings (SSSR count). The Kier molecular flexibility index (Phi) is 6.86. The second-order valence-corrected chi connectivity index (χ2v) is 7.97. The Hall–Kier alpha value is -2.18.